The number of rotatable bonds is 14. The molecule has 2 aliphatic rings. The minimum atomic E-state index is -0.241. The summed E-state index contributed by atoms with van der Waals surface area (Å²) >= 11 is 0. The fraction of sp³-hybridized carbons (Fsp3) is 0.600. The number of ketones is 2. The first-order chi connectivity index (χ1) is 20.1. The highest BCUT2D eigenvalue weighted by Crippen LogP contribution is 2.27. The molecule has 2 aromatic rings. The van der Waals surface area contributed by atoms with E-state index in [1.807, 2.05) is 62.4 Å². The van der Waals surface area contributed by atoms with Gasteiger partial charge in [-0.25, -0.2) is 0 Å². The summed E-state index contributed by atoms with van der Waals surface area (Å²) in [6, 6.07) is 15.1. The van der Waals surface area contributed by atoms with Gasteiger partial charge < -0.3 is 19.3 Å². The molecule has 0 amide bonds. The Morgan fingerprint density at radius 1 is 0.585 bits per heavy atom. The molecule has 2 saturated heterocycles. The Morgan fingerprint density at radius 2 is 0.927 bits per heavy atom. The second-order valence-electron chi connectivity index (χ2n) is 11.7. The topological polar surface area (TPSA) is 59.1 Å². The molecule has 0 saturated carbocycles. The molecule has 41 heavy (non-hydrogen) atoms. The van der Waals surface area contributed by atoms with Crippen LogP contribution in [0.25, 0.3) is 0 Å². The lowest BCUT2D eigenvalue weighted by Crippen LogP contribution is -2.39. The largest absolute Gasteiger partial charge is 0.494 e. The number of likely N-dealkylation sites (tertiary alicyclic amines) is 2. The maximum Gasteiger partial charge on any atom is 0.167 e. The molecule has 6 heteroatoms. The fourth-order valence-corrected chi connectivity index (χ4v) is 6.37. The average molecular weight is 563 g/mol. The van der Waals surface area contributed by atoms with E-state index in [4.69, 9.17) is 9.47 Å². The molecule has 2 heterocycles. The van der Waals surface area contributed by atoms with Gasteiger partial charge in [-0.3, -0.25) is 9.59 Å². The molecule has 2 atom stereocenters. The maximum atomic E-state index is 14.1. The predicted octanol–water partition coefficient (Wildman–Crippen LogP) is 6.92. The van der Waals surface area contributed by atoms with E-state index in [1.165, 1.54) is 51.4 Å². The van der Waals surface area contributed by atoms with Crippen LogP contribution in [0.2, 0.25) is 0 Å². The highest BCUT2D eigenvalue weighted by Gasteiger charge is 2.32. The number of ether oxygens (including phenoxy) is 2. The second kappa shape index (κ2) is 16.7. The normalized spacial score (nSPS) is 18.6. The van der Waals surface area contributed by atoms with E-state index in [1.54, 1.807) is 0 Å². The van der Waals surface area contributed by atoms with Crippen LogP contribution in [0.5, 0.6) is 11.5 Å². The lowest BCUT2D eigenvalue weighted by Gasteiger charge is -2.31. The third kappa shape index (κ3) is 9.68. The molecule has 0 unspecified atom stereocenters. The minimum absolute atomic E-state index is 0.137. The van der Waals surface area contributed by atoms with E-state index < -0.39 is 0 Å². The Kier molecular flexibility index (Phi) is 12.7. The van der Waals surface area contributed by atoms with Gasteiger partial charge in [0.15, 0.2) is 11.6 Å². The summed E-state index contributed by atoms with van der Waals surface area (Å²) in [4.78, 5) is 33.2. The zero-order chi connectivity index (χ0) is 28.9. The Hall–Kier alpha value is -2.70. The van der Waals surface area contributed by atoms with Gasteiger partial charge in [-0.1, -0.05) is 25.7 Å². The van der Waals surface area contributed by atoms with Gasteiger partial charge in [0.05, 0.1) is 13.2 Å². The van der Waals surface area contributed by atoms with Crippen molar-refractivity contribution in [1.82, 2.24) is 9.80 Å². The molecule has 6 nitrogen and oxygen atoms in total. The Morgan fingerprint density at radius 3 is 1.24 bits per heavy atom. The summed E-state index contributed by atoms with van der Waals surface area (Å²) in [6.45, 7) is 10.6. The highest BCUT2D eigenvalue weighted by molar-refractivity contribution is 6.00. The summed E-state index contributed by atoms with van der Waals surface area (Å²) in [7, 11) is 0. The number of carbonyl (C=O) groups excluding carboxylic acids is 2. The summed E-state index contributed by atoms with van der Waals surface area (Å²) in [5, 5.41) is 0. The van der Waals surface area contributed by atoms with E-state index in [0.717, 1.165) is 37.7 Å². The van der Waals surface area contributed by atoms with Crippen molar-refractivity contribution >= 4 is 11.6 Å². The van der Waals surface area contributed by atoms with Crippen LogP contribution in [0.3, 0.4) is 0 Å². The first kappa shape index (κ1) is 31.2. The number of hydrogen-bond donors (Lipinski definition) is 0. The number of nitrogens with zero attached hydrogens (tertiary/aromatic N) is 2. The van der Waals surface area contributed by atoms with Crippen LogP contribution in [-0.2, 0) is 0 Å². The fourth-order valence-electron chi connectivity index (χ4n) is 6.37. The lowest BCUT2D eigenvalue weighted by molar-refractivity contribution is 0.0775. The molecule has 2 aliphatic heterocycles. The summed E-state index contributed by atoms with van der Waals surface area (Å²) in [5.74, 6) is 1.34. The summed E-state index contributed by atoms with van der Waals surface area (Å²) < 4.78 is 11.2. The molecule has 2 fully saturated rings. The van der Waals surface area contributed by atoms with Crippen molar-refractivity contribution in [2.24, 2.45) is 11.8 Å². The molecule has 0 spiro atoms. The van der Waals surface area contributed by atoms with Crippen LogP contribution >= 0.6 is 0 Å². The summed E-state index contributed by atoms with van der Waals surface area (Å²) in [6.07, 6.45) is 10.3. The SMILES string of the molecule is CCOc1ccc(C(=O)[C@@H](C[C@@H](CN2CCCCCC2)C(=O)c2ccc(OCC)cc2)CN2CCCCCC2)cc1. The van der Waals surface area contributed by atoms with Gasteiger partial charge in [0.25, 0.3) is 0 Å². The molecule has 4 rings (SSSR count). The van der Waals surface area contributed by atoms with Gasteiger partial charge in [-0.2, -0.15) is 0 Å². The van der Waals surface area contributed by atoms with Crippen LogP contribution in [0.4, 0.5) is 0 Å². The molecule has 0 radical (unpaired) electrons. The van der Waals surface area contributed by atoms with Crippen molar-refractivity contribution in [3.63, 3.8) is 0 Å². The molecule has 224 valence electrons. The maximum absolute atomic E-state index is 14.1. The van der Waals surface area contributed by atoms with Gasteiger partial charge in [0, 0.05) is 36.1 Å². The molecule has 0 aliphatic carbocycles. The van der Waals surface area contributed by atoms with Crippen molar-refractivity contribution in [2.75, 3.05) is 52.5 Å². The van der Waals surface area contributed by atoms with E-state index >= 15 is 0 Å². The molecule has 0 aromatic heterocycles. The number of carbonyl (C=O) groups is 2. The van der Waals surface area contributed by atoms with E-state index in [2.05, 4.69) is 9.80 Å². The summed E-state index contributed by atoms with van der Waals surface area (Å²) in [5.41, 5.74) is 1.41. The van der Waals surface area contributed by atoms with Gasteiger partial charge in [0.2, 0.25) is 0 Å². The standard InChI is InChI=1S/C35H50N2O4/c1-3-40-32-17-13-28(14-18-32)34(38)30(26-36-21-9-5-6-10-22-36)25-31(27-37-23-11-7-8-12-24-37)35(39)29-15-19-33(20-16-29)41-4-2/h13-20,30-31H,3-12,21-27H2,1-2H3/t30-,31-/m0/s1. The van der Waals surface area contributed by atoms with Crippen LogP contribution in [-0.4, -0.2) is 73.8 Å². The van der Waals surface area contributed by atoms with E-state index in [0.29, 0.717) is 43.9 Å². The molecular weight excluding hydrogens is 512 g/mol. The number of Topliss-reactive ketones (excluding diaryl/α,β-unsaturated/α-hetero) is 2. The monoisotopic (exact) mass is 562 g/mol. The zero-order valence-electron chi connectivity index (χ0n) is 25.3. The first-order valence-electron chi connectivity index (χ1n) is 16.1. The van der Waals surface area contributed by atoms with Gasteiger partial charge in [0.1, 0.15) is 11.5 Å². The Labute approximate surface area is 247 Å². The third-order valence-electron chi connectivity index (χ3n) is 8.56. The van der Waals surface area contributed by atoms with Gasteiger partial charge in [-0.05, 0) is 121 Å². The molecule has 0 N–H and O–H groups in total. The zero-order valence-corrected chi connectivity index (χ0v) is 25.3. The quantitative estimate of drug-likeness (QED) is 0.233. The van der Waals surface area contributed by atoms with Gasteiger partial charge >= 0.3 is 0 Å². The Bertz CT molecular complexity index is 967. The highest BCUT2D eigenvalue weighted by atomic mass is 16.5. The van der Waals surface area contributed by atoms with Crippen LogP contribution < -0.4 is 9.47 Å². The molecule has 2 aromatic carbocycles. The van der Waals surface area contributed by atoms with Crippen molar-refractivity contribution in [2.45, 2.75) is 71.6 Å². The average Bonchev–Trinajstić information content (AvgIpc) is 3.42. The van der Waals surface area contributed by atoms with E-state index in [-0.39, 0.29) is 23.4 Å². The lowest BCUT2D eigenvalue weighted by atomic mass is 9.83. The van der Waals surface area contributed by atoms with Crippen LogP contribution in [0.1, 0.15) is 92.4 Å². The van der Waals surface area contributed by atoms with Gasteiger partial charge in [-0.15, -0.1) is 0 Å². The smallest absolute Gasteiger partial charge is 0.167 e. The van der Waals surface area contributed by atoms with E-state index in [9.17, 15) is 9.59 Å². The van der Waals surface area contributed by atoms with Crippen LogP contribution in [0.15, 0.2) is 48.5 Å². The third-order valence-corrected chi connectivity index (χ3v) is 8.56. The Balaban J connectivity index is 1.60. The number of hydrogen-bond acceptors (Lipinski definition) is 6. The second-order valence-corrected chi connectivity index (χ2v) is 11.7. The van der Waals surface area contributed by atoms with Crippen molar-refractivity contribution in [3.05, 3.63) is 59.7 Å². The molecular formula is C35H50N2O4. The van der Waals surface area contributed by atoms with Crippen molar-refractivity contribution < 1.29 is 19.1 Å². The van der Waals surface area contributed by atoms with Crippen molar-refractivity contribution in [1.29, 1.82) is 0 Å². The first-order valence-corrected chi connectivity index (χ1v) is 16.1. The predicted molar refractivity (Wildman–Crippen MR) is 165 cm³/mol. The molecule has 0 bridgehead atoms. The minimum Gasteiger partial charge on any atom is -0.494 e. The van der Waals surface area contributed by atoms with Crippen molar-refractivity contribution in [3.8, 4) is 11.5 Å². The van der Waals surface area contributed by atoms with Crippen LogP contribution in [0, 0.1) is 11.8 Å². The number of benzene rings is 2.